The normalized spacial score (nSPS) is 15.3. The molecule has 0 saturated carbocycles. The second kappa shape index (κ2) is 7.83. The number of carbonyl (C=O) groups is 1. The average Bonchev–Trinajstić information content (AvgIpc) is 3.13. The standard InChI is InChI=1S/C24H23IN4O/c1-14-6-11-23(15(2)12-14)28-18(5)21(16(3)26-28)13-22-17(4)27-29(24(22)30)20-9-7-19(25)8-10-20/h6-13H,1-5H3/b22-13-. The maximum Gasteiger partial charge on any atom is 0.280 e. The molecule has 0 fully saturated rings. The molecule has 0 saturated heterocycles. The summed E-state index contributed by atoms with van der Waals surface area (Å²) in [7, 11) is 0. The van der Waals surface area contributed by atoms with Crippen LogP contribution in [-0.4, -0.2) is 21.4 Å². The van der Waals surface area contributed by atoms with Crippen molar-refractivity contribution in [2.24, 2.45) is 5.10 Å². The monoisotopic (exact) mass is 510 g/mol. The fraction of sp³-hybridized carbons (Fsp3) is 0.208. The van der Waals surface area contributed by atoms with Gasteiger partial charge in [-0.1, -0.05) is 17.7 Å². The molecule has 0 bridgehead atoms. The Hall–Kier alpha value is -2.74. The first-order valence-corrected chi connectivity index (χ1v) is 10.9. The van der Waals surface area contributed by atoms with E-state index in [0.29, 0.717) is 11.3 Å². The third-order valence-electron chi connectivity index (χ3n) is 5.35. The van der Waals surface area contributed by atoms with Gasteiger partial charge in [0.2, 0.25) is 0 Å². The van der Waals surface area contributed by atoms with Crippen LogP contribution in [0.25, 0.3) is 11.8 Å². The number of aromatic nitrogens is 2. The minimum atomic E-state index is -0.119. The maximum absolute atomic E-state index is 13.1. The molecule has 152 valence electrons. The lowest BCUT2D eigenvalue weighted by Crippen LogP contribution is -2.21. The number of halogens is 1. The highest BCUT2D eigenvalue weighted by Gasteiger charge is 2.29. The summed E-state index contributed by atoms with van der Waals surface area (Å²) < 4.78 is 3.07. The zero-order chi connectivity index (χ0) is 21.6. The molecule has 0 aliphatic carbocycles. The molecule has 2 aromatic carbocycles. The van der Waals surface area contributed by atoms with Crippen LogP contribution < -0.4 is 5.01 Å². The van der Waals surface area contributed by atoms with Crippen molar-refractivity contribution in [1.29, 1.82) is 0 Å². The van der Waals surface area contributed by atoms with Crippen molar-refractivity contribution >= 4 is 46.0 Å². The summed E-state index contributed by atoms with van der Waals surface area (Å²) in [4.78, 5) is 13.1. The molecule has 1 aliphatic heterocycles. The van der Waals surface area contributed by atoms with E-state index in [0.717, 1.165) is 31.9 Å². The molecule has 6 heteroatoms. The summed E-state index contributed by atoms with van der Waals surface area (Å²) in [5, 5.41) is 10.7. The van der Waals surface area contributed by atoms with Gasteiger partial charge >= 0.3 is 0 Å². The molecule has 0 unspecified atom stereocenters. The average molecular weight is 510 g/mol. The number of nitrogens with zero attached hydrogens (tertiary/aromatic N) is 4. The Morgan fingerprint density at radius 3 is 2.33 bits per heavy atom. The van der Waals surface area contributed by atoms with Crippen molar-refractivity contribution in [2.75, 3.05) is 5.01 Å². The SMILES string of the molecule is CC1=NN(c2ccc(I)cc2)C(=O)/C1=C\c1c(C)nn(-c2ccc(C)cc2C)c1C. The smallest absolute Gasteiger partial charge is 0.267 e. The fourth-order valence-electron chi connectivity index (χ4n) is 3.73. The number of anilines is 1. The van der Waals surface area contributed by atoms with Gasteiger partial charge in [-0.2, -0.15) is 15.2 Å². The summed E-state index contributed by atoms with van der Waals surface area (Å²) in [5.41, 5.74) is 8.35. The molecule has 2 heterocycles. The number of aryl methyl sites for hydroxylation is 3. The van der Waals surface area contributed by atoms with E-state index in [-0.39, 0.29) is 5.91 Å². The van der Waals surface area contributed by atoms with Crippen LogP contribution in [0.1, 0.15) is 35.0 Å². The first kappa shape index (κ1) is 20.5. The lowest BCUT2D eigenvalue weighted by molar-refractivity contribution is -0.114. The predicted molar refractivity (Wildman–Crippen MR) is 130 cm³/mol. The van der Waals surface area contributed by atoms with Crippen LogP contribution in [0.2, 0.25) is 0 Å². The number of carbonyl (C=O) groups excluding carboxylic acids is 1. The van der Waals surface area contributed by atoms with E-state index in [2.05, 4.69) is 59.7 Å². The molecule has 0 atom stereocenters. The zero-order valence-electron chi connectivity index (χ0n) is 17.7. The molecule has 0 radical (unpaired) electrons. The van der Waals surface area contributed by atoms with Crippen molar-refractivity contribution < 1.29 is 4.79 Å². The molecular weight excluding hydrogens is 487 g/mol. The van der Waals surface area contributed by atoms with Gasteiger partial charge < -0.3 is 0 Å². The fourth-order valence-corrected chi connectivity index (χ4v) is 4.09. The van der Waals surface area contributed by atoms with Gasteiger partial charge in [-0.3, -0.25) is 4.79 Å². The maximum atomic E-state index is 13.1. The quantitative estimate of drug-likeness (QED) is 0.345. The lowest BCUT2D eigenvalue weighted by atomic mass is 10.1. The molecule has 1 amide bonds. The van der Waals surface area contributed by atoms with Gasteiger partial charge in [-0.15, -0.1) is 0 Å². The van der Waals surface area contributed by atoms with Crippen LogP contribution in [0.5, 0.6) is 0 Å². The zero-order valence-corrected chi connectivity index (χ0v) is 19.9. The third kappa shape index (κ3) is 3.60. The van der Waals surface area contributed by atoms with Crippen LogP contribution in [-0.2, 0) is 4.79 Å². The number of hydrazone groups is 1. The summed E-state index contributed by atoms with van der Waals surface area (Å²) in [6.07, 6.45) is 1.92. The van der Waals surface area contributed by atoms with Crippen molar-refractivity contribution in [2.45, 2.75) is 34.6 Å². The van der Waals surface area contributed by atoms with E-state index in [1.807, 2.05) is 55.8 Å². The molecule has 4 rings (SSSR count). The second-order valence-corrected chi connectivity index (χ2v) is 8.87. The van der Waals surface area contributed by atoms with E-state index in [1.54, 1.807) is 0 Å². The van der Waals surface area contributed by atoms with Gasteiger partial charge in [-0.25, -0.2) is 4.68 Å². The Balaban J connectivity index is 1.73. The van der Waals surface area contributed by atoms with E-state index < -0.39 is 0 Å². The molecule has 1 aromatic heterocycles. The largest absolute Gasteiger partial charge is 0.280 e. The van der Waals surface area contributed by atoms with Crippen LogP contribution >= 0.6 is 22.6 Å². The highest BCUT2D eigenvalue weighted by molar-refractivity contribution is 14.1. The summed E-state index contributed by atoms with van der Waals surface area (Å²) in [6, 6.07) is 14.1. The Morgan fingerprint density at radius 1 is 0.967 bits per heavy atom. The molecule has 30 heavy (non-hydrogen) atoms. The van der Waals surface area contributed by atoms with Gasteiger partial charge in [0.15, 0.2) is 0 Å². The van der Waals surface area contributed by atoms with Gasteiger partial charge in [0.05, 0.1) is 28.4 Å². The number of benzene rings is 2. The van der Waals surface area contributed by atoms with Crippen LogP contribution in [0, 0.1) is 31.3 Å². The van der Waals surface area contributed by atoms with Crippen molar-refractivity contribution in [1.82, 2.24) is 9.78 Å². The minimum absolute atomic E-state index is 0.119. The number of rotatable bonds is 3. The number of amides is 1. The lowest BCUT2D eigenvalue weighted by Gasteiger charge is -2.11. The van der Waals surface area contributed by atoms with E-state index >= 15 is 0 Å². The topological polar surface area (TPSA) is 50.5 Å². The van der Waals surface area contributed by atoms with Crippen LogP contribution in [0.3, 0.4) is 0 Å². The Labute approximate surface area is 190 Å². The van der Waals surface area contributed by atoms with Gasteiger partial charge in [0.1, 0.15) is 0 Å². The summed E-state index contributed by atoms with van der Waals surface area (Å²) >= 11 is 2.25. The highest BCUT2D eigenvalue weighted by Crippen LogP contribution is 2.28. The third-order valence-corrected chi connectivity index (χ3v) is 6.07. The summed E-state index contributed by atoms with van der Waals surface area (Å²) in [6.45, 7) is 10.1. The van der Waals surface area contributed by atoms with Crippen LogP contribution in [0.15, 0.2) is 53.1 Å². The van der Waals surface area contributed by atoms with Crippen molar-refractivity contribution in [3.63, 3.8) is 0 Å². The Kier molecular flexibility index (Phi) is 5.36. The molecule has 3 aromatic rings. The van der Waals surface area contributed by atoms with Crippen molar-refractivity contribution in [3.8, 4) is 5.69 Å². The molecule has 5 nitrogen and oxygen atoms in total. The minimum Gasteiger partial charge on any atom is -0.267 e. The summed E-state index contributed by atoms with van der Waals surface area (Å²) in [5.74, 6) is -0.119. The second-order valence-electron chi connectivity index (χ2n) is 7.62. The van der Waals surface area contributed by atoms with Gasteiger partial charge in [0, 0.05) is 14.8 Å². The molecule has 0 N–H and O–H groups in total. The first-order valence-electron chi connectivity index (χ1n) is 9.77. The predicted octanol–water partition coefficient (Wildman–Crippen LogP) is 5.52. The molecule has 1 aliphatic rings. The van der Waals surface area contributed by atoms with E-state index in [9.17, 15) is 4.79 Å². The molecular formula is C24H23IN4O. The van der Waals surface area contributed by atoms with Gasteiger partial charge in [0.25, 0.3) is 5.91 Å². The Morgan fingerprint density at radius 2 is 1.67 bits per heavy atom. The number of hydrogen-bond donors (Lipinski definition) is 0. The first-order chi connectivity index (χ1) is 14.3. The van der Waals surface area contributed by atoms with E-state index in [4.69, 9.17) is 5.10 Å². The molecule has 0 spiro atoms. The van der Waals surface area contributed by atoms with E-state index in [1.165, 1.54) is 16.1 Å². The highest BCUT2D eigenvalue weighted by atomic mass is 127. The van der Waals surface area contributed by atoms with Gasteiger partial charge in [-0.05, 0) is 99.2 Å². The van der Waals surface area contributed by atoms with Crippen LogP contribution in [0.4, 0.5) is 5.69 Å². The number of hydrogen-bond acceptors (Lipinski definition) is 3. The Bertz CT molecular complexity index is 1220. The van der Waals surface area contributed by atoms with Crippen molar-refractivity contribution in [3.05, 3.63) is 79.7 Å².